The molecule has 6 heteroatoms. The molecule has 112 valence electrons. The van der Waals surface area contributed by atoms with Gasteiger partial charge in [-0.15, -0.1) is 0 Å². The fourth-order valence-electron chi connectivity index (χ4n) is 2.17. The third-order valence-electron chi connectivity index (χ3n) is 3.15. The van der Waals surface area contributed by atoms with Crippen molar-refractivity contribution in [3.63, 3.8) is 0 Å². The Morgan fingerprint density at radius 1 is 1.19 bits per heavy atom. The molecule has 2 aromatic rings. The molecule has 0 aliphatic heterocycles. The van der Waals surface area contributed by atoms with E-state index in [0.717, 1.165) is 25.1 Å². The molecular weight excluding hydrogens is 286 g/mol. The van der Waals surface area contributed by atoms with Crippen LogP contribution < -0.4 is 5.73 Å². The van der Waals surface area contributed by atoms with Gasteiger partial charge in [-0.1, -0.05) is 41.7 Å². The molecule has 1 aromatic carbocycles. The maximum atomic E-state index is 10.7. The number of thiophene rings is 1. The molecule has 0 unspecified atom stereocenters. The average Bonchev–Trinajstić information content (AvgIpc) is 2.94. The van der Waals surface area contributed by atoms with E-state index >= 15 is 0 Å². The maximum Gasteiger partial charge on any atom is 0.324 e. The van der Waals surface area contributed by atoms with Crippen molar-refractivity contribution in [3.05, 3.63) is 63.0 Å². The standard InChI is InChI=1S/C15H19N3O2S/c16-7-4-8-17(10-13-5-2-1-3-6-13)11-14-9-15(18(19)20)21-12-14/h1-3,5-6,9,12H,4,7-8,10-11,16H2. The summed E-state index contributed by atoms with van der Waals surface area (Å²) < 4.78 is 0. The molecule has 0 saturated carbocycles. The summed E-state index contributed by atoms with van der Waals surface area (Å²) in [5, 5.41) is 12.8. The molecule has 0 fully saturated rings. The van der Waals surface area contributed by atoms with Gasteiger partial charge in [0.25, 0.3) is 0 Å². The lowest BCUT2D eigenvalue weighted by molar-refractivity contribution is -0.380. The molecule has 1 heterocycles. The summed E-state index contributed by atoms with van der Waals surface area (Å²) in [5.74, 6) is 0. The molecule has 1 aromatic heterocycles. The number of nitrogens with two attached hydrogens (primary N) is 1. The summed E-state index contributed by atoms with van der Waals surface area (Å²) in [4.78, 5) is 12.7. The molecule has 5 nitrogen and oxygen atoms in total. The molecule has 0 aliphatic carbocycles. The predicted molar refractivity (Wildman–Crippen MR) is 85.2 cm³/mol. The van der Waals surface area contributed by atoms with Crippen LogP contribution >= 0.6 is 11.3 Å². The zero-order valence-electron chi connectivity index (χ0n) is 11.8. The van der Waals surface area contributed by atoms with E-state index in [1.54, 1.807) is 6.07 Å². The molecule has 0 spiro atoms. The van der Waals surface area contributed by atoms with E-state index in [4.69, 9.17) is 5.73 Å². The van der Waals surface area contributed by atoms with Gasteiger partial charge in [0, 0.05) is 31.1 Å². The Morgan fingerprint density at radius 2 is 1.90 bits per heavy atom. The quantitative estimate of drug-likeness (QED) is 0.601. The van der Waals surface area contributed by atoms with Gasteiger partial charge in [-0.3, -0.25) is 15.0 Å². The van der Waals surface area contributed by atoms with E-state index < -0.39 is 0 Å². The minimum Gasteiger partial charge on any atom is -0.330 e. The Hall–Kier alpha value is -1.76. The number of rotatable bonds is 8. The van der Waals surface area contributed by atoms with E-state index in [-0.39, 0.29) is 9.92 Å². The number of nitro groups is 1. The zero-order chi connectivity index (χ0) is 15.1. The van der Waals surface area contributed by atoms with E-state index in [1.807, 2.05) is 23.6 Å². The number of hydrogen-bond acceptors (Lipinski definition) is 5. The van der Waals surface area contributed by atoms with Crippen LogP contribution in [0.15, 0.2) is 41.8 Å². The van der Waals surface area contributed by atoms with Crippen LogP contribution in [0.3, 0.4) is 0 Å². The fourth-order valence-corrected chi connectivity index (χ4v) is 2.89. The van der Waals surface area contributed by atoms with Crippen molar-refractivity contribution >= 4 is 16.3 Å². The van der Waals surface area contributed by atoms with Gasteiger partial charge >= 0.3 is 5.00 Å². The predicted octanol–water partition coefficient (Wildman–Crippen LogP) is 3.01. The van der Waals surface area contributed by atoms with Gasteiger partial charge < -0.3 is 5.73 Å². The summed E-state index contributed by atoms with van der Waals surface area (Å²) in [6.07, 6.45) is 0.916. The van der Waals surface area contributed by atoms with Crippen molar-refractivity contribution in [2.45, 2.75) is 19.5 Å². The SMILES string of the molecule is NCCCN(Cc1ccccc1)Cc1csc([N+](=O)[O-])c1. The van der Waals surface area contributed by atoms with E-state index in [9.17, 15) is 10.1 Å². The Balaban J connectivity index is 2.02. The van der Waals surface area contributed by atoms with Crippen molar-refractivity contribution in [1.82, 2.24) is 4.90 Å². The van der Waals surface area contributed by atoms with Gasteiger partial charge in [-0.25, -0.2) is 0 Å². The van der Waals surface area contributed by atoms with Crippen LogP contribution in [0.4, 0.5) is 5.00 Å². The van der Waals surface area contributed by atoms with Gasteiger partial charge in [0.2, 0.25) is 0 Å². The van der Waals surface area contributed by atoms with Crippen LogP contribution in [0.1, 0.15) is 17.5 Å². The van der Waals surface area contributed by atoms with Crippen LogP contribution in [-0.4, -0.2) is 22.9 Å². The third-order valence-corrected chi connectivity index (χ3v) is 4.08. The first-order chi connectivity index (χ1) is 10.2. The molecule has 2 rings (SSSR count). The Bertz CT molecular complexity index is 571. The normalized spacial score (nSPS) is 11.0. The van der Waals surface area contributed by atoms with E-state index in [2.05, 4.69) is 17.0 Å². The van der Waals surface area contributed by atoms with Crippen LogP contribution in [0, 0.1) is 10.1 Å². The summed E-state index contributed by atoms with van der Waals surface area (Å²) in [5.41, 5.74) is 7.81. The second-order valence-corrected chi connectivity index (χ2v) is 5.78. The lowest BCUT2D eigenvalue weighted by atomic mass is 10.2. The van der Waals surface area contributed by atoms with Crippen molar-refractivity contribution in [2.24, 2.45) is 5.73 Å². The van der Waals surface area contributed by atoms with Crippen LogP contribution in [0.2, 0.25) is 0 Å². The molecule has 0 bridgehead atoms. The minimum absolute atomic E-state index is 0.198. The molecule has 0 atom stereocenters. The van der Waals surface area contributed by atoms with Crippen LogP contribution in [-0.2, 0) is 13.1 Å². The minimum atomic E-state index is -0.338. The zero-order valence-corrected chi connectivity index (χ0v) is 12.6. The third kappa shape index (κ3) is 4.93. The molecule has 0 aliphatic rings. The molecular formula is C15H19N3O2S. The highest BCUT2D eigenvalue weighted by molar-refractivity contribution is 7.13. The van der Waals surface area contributed by atoms with Crippen molar-refractivity contribution in [2.75, 3.05) is 13.1 Å². The highest BCUT2D eigenvalue weighted by Crippen LogP contribution is 2.24. The second kappa shape index (κ2) is 7.87. The van der Waals surface area contributed by atoms with Crippen LogP contribution in [0.25, 0.3) is 0 Å². The average molecular weight is 305 g/mol. The maximum absolute atomic E-state index is 10.7. The smallest absolute Gasteiger partial charge is 0.324 e. The van der Waals surface area contributed by atoms with Crippen molar-refractivity contribution in [3.8, 4) is 0 Å². The highest BCUT2D eigenvalue weighted by atomic mass is 32.1. The lowest BCUT2D eigenvalue weighted by Crippen LogP contribution is -2.25. The molecule has 2 N–H and O–H groups in total. The van der Waals surface area contributed by atoms with Crippen molar-refractivity contribution in [1.29, 1.82) is 0 Å². The largest absolute Gasteiger partial charge is 0.330 e. The Labute approximate surface area is 128 Å². The van der Waals surface area contributed by atoms with Gasteiger partial charge in [-0.2, -0.15) is 0 Å². The van der Waals surface area contributed by atoms with E-state index in [0.29, 0.717) is 13.1 Å². The Kier molecular flexibility index (Phi) is 5.86. The first kappa shape index (κ1) is 15.6. The number of benzene rings is 1. The lowest BCUT2D eigenvalue weighted by Gasteiger charge is -2.21. The van der Waals surface area contributed by atoms with Gasteiger partial charge in [0.1, 0.15) is 0 Å². The van der Waals surface area contributed by atoms with Crippen molar-refractivity contribution < 1.29 is 4.92 Å². The monoisotopic (exact) mass is 305 g/mol. The summed E-state index contributed by atoms with van der Waals surface area (Å²) in [7, 11) is 0. The first-order valence-electron chi connectivity index (χ1n) is 6.87. The number of nitrogens with zero attached hydrogens (tertiary/aromatic N) is 2. The molecule has 21 heavy (non-hydrogen) atoms. The fraction of sp³-hybridized carbons (Fsp3) is 0.333. The summed E-state index contributed by atoms with van der Waals surface area (Å²) in [6, 6.07) is 11.9. The number of hydrogen-bond donors (Lipinski definition) is 1. The van der Waals surface area contributed by atoms with Gasteiger partial charge in [-0.05, 0) is 24.1 Å². The second-order valence-electron chi connectivity index (χ2n) is 4.89. The molecule has 0 saturated heterocycles. The Morgan fingerprint density at radius 3 is 2.52 bits per heavy atom. The van der Waals surface area contributed by atoms with Gasteiger partial charge in [0.15, 0.2) is 0 Å². The van der Waals surface area contributed by atoms with E-state index in [1.165, 1.54) is 16.9 Å². The van der Waals surface area contributed by atoms with Gasteiger partial charge in [0.05, 0.1) is 4.92 Å². The summed E-state index contributed by atoms with van der Waals surface area (Å²) in [6.45, 7) is 3.06. The topological polar surface area (TPSA) is 72.4 Å². The molecule has 0 radical (unpaired) electrons. The van der Waals surface area contributed by atoms with Crippen LogP contribution in [0.5, 0.6) is 0 Å². The summed E-state index contributed by atoms with van der Waals surface area (Å²) >= 11 is 1.18. The molecule has 0 amide bonds. The first-order valence-corrected chi connectivity index (χ1v) is 7.75. The highest BCUT2D eigenvalue weighted by Gasteiger charge is 2.13.